The summed E-state index contributed by atoms with van der Waals surface area (Å²) in [6.07, 6.45) is 0.777. The van der Waals surface area contributed by atoms with Crippen LogP contribution in [0.15, 0.2) is 29.1 Å². The van der Waals surface area contributed by atoms with Crippen LogP contribution in [0.2, 0.25) is 10.0 Å². The van der Waals surface area contributed by atoms with Crippen molar-refractivity contribution < 1.29 is 0 Å². The molecule has 0 aliphatic rings. The monoisotopic (exact) mass is 354 g/mol. The Morgan fingerprint density at radius 3 is 2.91 bits per heavy atom. The molecule has 0 saturated heterocycles. The molecule has 3 aromatic rings. The van der Waals surface area contributed by atoms with Crippen LogP contribution in [0.4, 0.5) is 5.69 Å². The first-order chi connectivity index (χ1) is 10.6. The highest BCUT2D eigenvalue weighted by atomic mass is 35.5. The normalized spacial score (nSPS) is 11.0. The lowest BCUT2D eigenvalue weighted by molar-refractivity contribution is 0.846. The summed E-state index contributed by atoms with van der Waals surface area (Å²) in [5.74, 6) is 0. The smallest absolute Gasteiger partial charge is 0.275 e. The van der Waals surface area contributed by atoms with Crippen molar-refractivity contribution in [2.45, 2.75) is 19.9 Å². The van der Waals surface area contributed by atoms with Crippen LogP contribution in [0.1, 0.15) is 17.6 Å². The molecular weight excluding hydrogens is 343 g/mol. The number of nitrogens with zero attached hydrogens (tertiary/aromatic N) is 3. The molecule has 0 bridgehead atoms. The molecule has 0 spiro atoms. The van der Waals surface area contributed by atoms with Gasteiger partial charge in [0.1, 0.15) is 5.01 Å². The summed E-state index contributed by atoms with van der Waals surface area (Å²) >= 11 is 13.5. The predicted octanol–water partition coefficient (Wildman–Crippen LogP) is 3.63. The van der Waals surface area contributed by atoms with E-state index in [-0.39, 0.29) is 5.56 Å². The van der Waals surface area contributed by atoms with Gasteiger partial charge in [-0.15, -0.1) is 0 Å². The van der Waals surface area contributed by atoms with Crippen molar-refractivity contribution in [2.75, 3.05) is 5.32 Å². The minimum atomic E-state index is -0.185. The van der Waals surface area contributed by atoms with Gasteiger partial charge in [0.05, 0.1) is 22.9 Å². The SMILES string of the molecule is CCc1nn2c(=O)cc(CNc3cc(Cl)ccc3Cl)nc2s1. The van der Waals surface area contributed by atoms with E-state index in [1.807, 2.05) is 6.92 Å². The number of rotatable bonds is 4. The van der Waals surface area contributed by atoms with Crippen molar-refractivity contribution in [1.82, 2.24) is 14.6 Å². The first-order valence-corrected chi connectivity index (χ1v) is 8.21. The predicted molar refractivity (Wildman–Crippen MR) is 90.3 cm³/mol. The Bertz CT molecular complexity index is 890. The Labute approximate surface area is 140 Å². The molecule has 0 fully saturated rings. The maximum atomic E-state index is 12.1. The van der Waals surface area contributed by atoms with E-state index >= 15 is 0 Å². The molecule has 3 rings (SSSR count). The fraction of sp³-hybridized carbons (Fsp3) is 0.214. The van der Waals surface area contributed by atoms with Crippen molar-refractivity contribution in [2.24, 2.45) is 0 Å². The molecule has 114 valence electrons. The highest BCUT2D eigenvalue weighted by Crippen LogP contribution is 2.25. The Morgan fingerprint density at radius 2 is 2.14 bits per heavy atom. The molecule has 0 saturated carbocycles. The number of aryl methyl sites for hydroxylation is 1. The van der Waals surface area contributed by atoms with Crippen molar-refractivity contribution in [3.63, 3.8) is 0 Å². The molecule has 0 radical (unpaired) electrons. The van der Waals surface area contributed by atoms with E-state index in [9.17, 15) is 4.79 Å². The van der Waals surface area contributed by atoms with Gasteiger partial charge in [0.2, 0.25) is 4.96 Å². The highest BCUT2D eigenvalue weighted by Gasteiger charge is 2.08. The quantitative estimate of drug-likeness (QED) is 0.776. The summed E-state index contributed by atoms with van der Waals surface area (Å²) in [5, 5.41) is 9.39. The lowest BCUT2D eigenvalue weighted by Crippen LogP contribution is -2.16. The molecule has 0 amide bonds. The van der Waals surface area contributed by atoms with Gasteiger partial charge < -0.3 is 5.32 Å². The summed E-state index contributed by atoms with van der Waals surface area (Å²) in [6, 6.07) is 6.64. The summed E-state index contributed by atoms with van der Waals surface area (Å²) < 4.78 is 1.33. The molecule has 2 heterocycles. The minimum absolute atomic E-state index is 0.185. The van der Waals surface area contributed by atoms with Gasteiger partial charge in [0.15, 0.2) is 0 Å². The average Bonchev–Trinajstić information content (AvgIpc) is 2.92. The van der Waals surface area contributed by atoms with Crippen molar-refractivity contribution >= 4 is 45.2 Å². The van der Waals surface area contributed by atoms with Crippen molar-refractivity contribution in [1.29, 1.82) is 0 Å². The van der Waals surface area contributed by atoms with Crippen LogP contribution in [0, 0.1) is 0 Å². The van der Waals surface area contributed by atoms with E-state index < -0.39 is 0 Å². The number of anilines is 1. The lowest BCUT2D eigenvalue weighted by Gasteiger charge is -2.08. The van der Waals surface area contributed by atoms with Gasteiger partial charge in [0, 0.05) is 11.1 Å². The Hall–Kier alpha value is -1.63. The van der Waals surface area contributed by atoms with E-state index in [1.54, 1.807) is 18.2 Å². The zero-order chi connectivity index (χ0) is 15.7. The van der Waals surface area contributed by atoms with Crippen LogP contribution in [0.3, 0.4) is 0 Å². The second kappa shape index (κ2) is 6.24. The minimum Gasteiger partial charge on any atom is -0.378 e. The first-order valence-electron chi connectivity index (χ1n) is 6.64. The molecule has 1 N–H and O–H groups in total. The van der Waals surface area contributed by atoms with Gasteiger partial charge >= 0.3 is 0 Å². The van der Waals surface area contributed by atoms with E-state index in [1.165, 1.54) is 21.9 Å². The standard InChI is InChI=1S/C14H12Cl2N4OS/c1-2-12-19-20-13(21)6-9(18-14(20)22-12)7-17-11-5-8(15)3-4-10(11)16/h3-6,17H,2,7H2,1H3. The van der Waals surface area contributed by atoms with Gasteiger partial charge in [-0.2, -0.15) is 9.61 Å². The third-order valence-electron chi connectivity index (χ3n) is 3.03. The Morgan fingerprint density at radius 1 is 1.32 bits per heavy atom. The van der Waals surface area contributed by atoms with Crippen LogP contribution in [0.5, 0.6) is 0 Å². The maximum absolute atomic E-state index is 12.1. The third kappa shape index (κ3) is 3.09. The molecule has 22 heavy (non-hydrogen) atoms. The van der Waals surface area contributed by atoms with E-state index in [0.717, 1.165) is 11.4 Å². The number of nitrogens with one attached hydrogen (secondary N) is 1. The molecule has 8 heteroatoms. The van der Waals surface area contributed by atoms with Crippen LogP contribution in [0.25, 0.3) is 4.96 Å². The van der Waals surface area contributed by atoms with Gasteiger partial charge in [0.25, 0.3) is 5.56 Å². The number of aromatic nitrogens is 3. The fourth-order valence-corrected chi connectivity index (χ4v) is 3.16. The van der Waals surface area contributed by atoms with Gasteiger partial charge in [-0.05, 0) is 24.6 Å². The summed E-state index contributed by atoms with van der Waals surface area (Å²) in [6.45, 7) is 2.37. The molecule has 0 aliphatic carbocycles. The van der Waals surface area contributed by atoms with Gasteiger partial charge in [-0.1, -0.05) is 41.5 Å². The zero-order valence-corrected chi connectivity index (χ0v) is 14.0. The van der Waals surface area contributed by atoms with Crippen LogP contribution in [-0.2, 0) is 13.0 Å². The topological polar surface area (TPSA) is 59.3 Å². The molecule has 0 unspecified atom stereocenters. The van der Waals surface area contributed by atoms with E-state index in [0.29, 0.717) is 32.9 Å². The molecule has 0 aliphatic heterocycles. The lowest BCUT2D eigenvalue weighted by atomic mass is 10.3. The van der Waals surface area contributed by atoms with Gasteiger partial charge in [-0.25, -0.2) is 4.98 Å². The van der Waals surface area contributed by atoms with E-state index in [4.69, 9.17) is 23.2 Å². The Kier molecular flexibility index (Phi) is 4.33. The van der Waals surface area contributed by atoms with Gasteiger partial charge in [-0.3, -0.25) is 4.79 Å². The van der Waals surface area contributed by atoms with Crippen LogP contribution < -0.4 is 10.9 Å². The summed E-state index contributed by atoms with van der Waals surface area (Å²) in [7, 11) is 0. The summed E-state index contributed by atoms with van der Waals surface area (Å²) in [5.41, 5.74) is 1.15. The third-order valence-corrected chi connectivity index (χ3v) is 4.65. The molecule has 1 aromatic carbocycles. The second-order valence-corrected chi connectivity index (χ2v) is 6.49. The number of benzene rings is 1. The molecular formula is C14H12Cl2N4OS. The van der Waals surface area contributed by atoms with Crippen molar-refractivity contribution in [3.8, 4) is 0 Å². The molecule has 5 nitrogen and oxygen atoms in total. The summed E-state index contributed by atoms with van der Waals surface area (Å²) in [4.78, 5) is 17.1. The number of halogens is 2. The highest BCUT2D eigenvalue weighted by molar-refractivity contribution is 7.16. The van der Waals surface area contributed by atoms with Crippen molar-refractivity contribution in [3.05, 3.63) is 55.4 Å². The fourth-order valence-electron chi connectivity index (χ4n) is 1.95. The number of hydrogen-bond donors (Lipinski definition) is 1. The van der Waals surface area contributed by atoms with E-state index in [2.05, 4.69) is 15.4 Å². The molecule has 2 aromatic heterocycles. The number of fused-ring (bicyclic) bond motifs is 1. The van der Waals surface area contributed by atoms with Crippen LogP contribution >= 0.6 is 34.5 Å². The van der Waals surface area contributed by atoms with Crippen LogP contribution in [-0.4, -0.2) is 14.6 Å². The first kappa shape index (κ1) is 15.3. The average molecular weight is 355 g/mol. The Balaban J connectivity index is 1.87. The largest absolute Gasteiger partial charge is 0.378 e. The zero-order valence-electron chi connectivity index (χ0n) is 11.6. The molecule has 0 atom stereocenters. The maximum Gasteiger partial charge on any atom is 0.275 e. The number of hydrogen-bond acceptors (Lipinski definition) is 5. The second-order valence-electron chi connectivity index (χ2n) is 4.61.